The molecule has 1 aliphatic rings. The maximum atomic E-state index is 4.40. The largest absolute Gasteiger partial charge is 0.303 e. The summed E-state index contributed by atoms with van der Waals surface area (Å²) in [7, 11) is 0. The lowest BCUT2D eigenvalue weighted by molar-refractivity contribution is 0.447. The van der Waals surface area contributed by atoms with E-state index in [1.165, 1.54) is 17.7 Å². The van der Waals surface area contributed by atoms with Gasteiger partial charge in [-0.05, 0) is 30.9 Å². The molecule has 0 saturated heterocycles. The summed E-state index contributed by atoms with van der Waals surface area (Å²) in [4.78, 5) is 0. The van der Waals surface area contributed by atoms with E-state index < -0.39 is 0 Å². The lowest BCUT2D eigenvalue weighted by Gasteiger charge is -2.22. The predicted molar refractivity (Wildman–Crippen MR) is 85.1 cm³/mol. The molecule has 4 rings (SSSR count). The molecule has 22 heavy (non-hydrogen) atoms. The van der Waals surface area contributed by atoms with Gasteiger partial charge in [0.25, 0.3) is 0 Å². The van der Waals surface area contributed by atoms with Gasteiger partial charge in [0.1, 0.15) is 0 Å². The Bertz CT molecular complexity index is 743. The van der Waals surface area contributed by atoms with E-state index in [-0.39, 0.29) is 0 Å². The van der Waals surface area contributed by atoms with Gasteiger partial charge in [0.2, 0.25) is 0 Å². The van der Waals surface area contributed by atoms with Crippen molar-refractivity contribution < 1.29 is 0 Å². The van der Waals surface area contributed by atoms with Crippen molar-refractivity contribution in [3.05, 3.63) is 59.5 Å². The number of nitrogens with zero attached hydrogens (tertiary/aromatic N) is 2. The van der Waals surface area contributed by atoms with Crippen molar-refractivity contribution in [3.63, 3.8) is 0 Å². The highest BCUT2D eigenvalue weighted by Gasteiger charge is 2.21. The maximum absolute atomic E-state index is 4.40. The van der Waals surface area contributed by atoms with Crippen molar-refractivity contribution >= 4 is 0 Å². The van der Waals surface area contributed by atoms with Gasteiger partial charge in [-0.25, -0.2) is 0 Å². The number of H-pyrrole nitrogens is 2. The summed E-state index contributed by atoms with van der Waals surface area (Å²) in [6.45, 7) is 0.781. The average Bonchev–Trinajstić information content (AvgIpc) is 3.23. The van der Waals surface area contributed by atoms with Crippen molar-refractivity contribution in [1.82, 2.24) is 25.7 Å². The number of fused-ring (bicyclic) bond motifs is 1. The smallest absolute Gasteiger partial charge is 0.0924 e. The lowest BCUT2D eigenvalue weighted by atomic mass is 9.94. The molecule has 1 atom stereocenters. The monoisotopic (exact) mass is 293 g/mol. The molecule has 0 fully saturated rings. The molecule has 3 aromatic rings. The first-order valence-corrected chi connectivity index (χ1v) is 7.75. The van der Waals surface area contributed by atoms with Gasteiger partial charge in [-0.15, -0.1) is 0 Å². The zero-order chi connectivity index (χ0) is 14.8. The molecule has 1 aliphatic carbocycles. The SMILES string of the molecule is c1ccc(-c2cc(CNC3CCCc4cn[nH]c43)[nH]n2)cc1. The van der Waals surface area contributed by atoms with Crippen LogP contribution in [-0.4, -0.2) is 20.4 Å². The summed E-state index contributed by atoms with van der Waals surface area (Å²) < 4.78 is 0. The highest BCUT2D eigenvalue weighted by Crippen LogP contribution is 2.27. The van der Waals surface area contributed by atoms with Gasteiger partial charge in [-0.2, -0.15) is 10.2 Å². The second-order valence-corrected chi connectivity index (χ2v) is 5.78. The topological polar surface area (TPSA) is 69.4 Å². The van der Waals surface area contributed by atoms with Crippen LogP contribution in [0.15, 0.2) is 42.6 Å². The van der Waals surface area contributed by atoms with E-state index in [9.17, 15) is 0 Å². The van der Waals surface area contributed by atoms with Gasteiger partial charge in [0.05, 0.1) is 17.6 Å². The fourth-order valence-electron chi connectivity index (χ4n) is 3.11. The molecule has 2 heterocycles. The van der Waals surface area contributed by atoms with Crippen molar-refractivity contribution in [2.24, 2.45) is 0 Å². The Labute approximate surface area is 129 Å². The zero-order valence-corrected chi connectivity index (χ0v) is 12.3. The molecule has 0 aliphatic heterocycles. The summed E-state index contributed by atoms with van der Waals surface area (Å²) in [6, 6.07) is 12.7. The van der Waals surface area contributed by atoms with Crippen molar-refractivity contribution in [2.75, 3.05) is 0 Å². The van der Waals surface area contributed by atoms with Gasteiger partial charge in [0.15, 0.2) is 0 Å². The fourth-order valence-corrected chi connectivity index (χ4v) is 3.11. The number of rotatable bonds is 4. The molecule has 0 spiro atoms. The molecule has 2 aromatic heterocycles. The molecule has 0 radical (unpaired) electrons. The van der Waals surface area contributed by atoms with Crippen molar-refractivity contribution in [2.45, 2.75) is 31.8 Å². The number of nitrogens with one attached hydrogen (secondary N) is 3. The Balaban J connectivity index is 1.44. The quantitative estimate of drug-likeness (QED) is 0.692. The lowest BCUT2D eigenvalue weighted by Crippen LogP contribution is -2.25. The Morgan fingerprint density at radius 3 is 3.00 bits per heavy atom. The molecule has 0 amide bonds. The summed E-state index contributed by atoms with van der Waals surface area (Å²) in [5.41, 5.74) is 5.82. The first-order valence-electron chi connectivity index (χ1n) is 7.75. The number of aryl methyl sites for hydroxylation is 1. The van der Waals surface area contributed by atoms with Gasteiger partial charge in [0, 0.05) is 23.8 Å². The first kappa shape index (κ1) is 13.3. The second-order valence-electron chi connectivity index (χ2n) is 5.78. The highest BCUT2D eigenvalue weighted by atomic mass is 15.2. The van der Waals surface area contributed by atoms with Crippen LogP contribution in [-0.2, 0) is 13.0 Å². The number of aromatic amines is 2. The summed E-state index contributed by atoms with van der Waals surface area (Å²) in [6.07, 6.45) is 5.44. The Morgan fingerprint density at radius 1 is 1.18 bits per heavy atom. The molecule has 3 N–H and O–H groups in total. The van der Waals surface area contributed by atoms with Crippen LogP contribution in [0.1, 0.15) is 35.8 Å². The van der Waals surface area contributed by atoms with E-state index in [4.69, 9.17) is 0 Å². The number of benzene rings is 1. The standard InChI is InChI=1S/C17H19N5/c1-2-5-12(6-3-1)16-9-14(20-21-16)11-18-15-8-4-7-13-10-19-22-17(13)15/h1-3,5-6,9-10,15,18H,4,7-8,11H2,(H,19,22)(H,20,21). The minimum Gasteiger partial charge on any atom is -0.303 e. The number of hydrogen-bond donors (Lipinski definition) is 3. The zero-order valence-electron chi connectivity index (χ0n) is 12.3. The average molecular weight is 293 g/mol. The molecule has 1 unspecified atom stereocenters. The minimum absolute atomic E-state index is 0.356. The third-order valence-electron chi connectivity index (χ3n) is 4.28. The molecular weight excluding hydrogens is 274 g/mol. The molecule has 5 heteroatoms. The van der Waals surface area contributed by atoms with Crippen molar-refractivity contribution in [3.8, 4) is 11.3 Å². The maximum Gasteiger partial charge on any atom is 0.0924 e. The van der Waals surface area contributed by atoms with E-state index in [1.54, 1.807) is 0 Å². The Kier molecular flexibility index (Phi) is 3.48. The molecule has 1 aromatic carbocycles. The fraction of sp³-hybridized carbons (Fsp3) is 0.294. The molecule has 112 valence electrons. The first-order chi connectivity index (χ1) is 10.9. The Morgan fingerprint density at radius 2 is 2.09 bits per heavy atom. The molecule has 0 bridgehead atoms. The van der Waals surface area contributed by atoms with E-state index in [0.29, 0.717) is 6.04 Å². The predicted octanol–water partition coefficient (Wildman–Crippen LogP) is 2.97. The molecule has 0 saturated carbocycles. The van der Waals surface area contributed by atoms with Crippen LogP contribution in [0, 0.1) is 0 Å². The summed E-state index contributed by atoms with van der Waals surface area (Å²) in [5.74, 6) is 0. The van der Waals surface area contributed by atoms with Crippen molar-refractivity contribution in [1.29, 1.82) is 0 Å². The third-order valence-corrected chi connectivity index (χ3v) is 4.28. The van der Waals surface area contributed by atoms with Crippen LogP contribution in [0.3, 0.4) is 0 Å². The van der Waals surface area contributed by atoms with Crippen LogP contribution in [0.4, 0.5) is 0 Å². The summed E-state index contributed by atoms with van der Waals surface area (Å²) in [5, 5.41) is 18.4. The van der Waals surface area contributed by atoms with Gasteiger partial charge >= 0.3 is 0 Å². The molecule has 5 nitrogen and oxygen atoms in total. The highest BCUT2D eigenvalue weighted by molar-refractivity contribution is 5.58. The Hall–Kier alpha value is -2.40. The number of hydrogen-bond acceptors (Lipinski definition) is 3. The van der Waals surface area contributed by atoms with E-state index >= 15 is 0 Å². The van der Waals surface area contributed by atoms with Crippen LogP contribution in [0.2, 0.25) is 0 Å². The minimum atomic E-state index is 0.356. The van der Waals surface area contributed by atoms with E-state index in [2.05, 4.69) is 43.9 Å². The number of aromatic nitrogens is 4. The van der Waals surface area contributed by atoms with Crippen LogP contribution in [0.5, 0.6) is 0 Å². The third kappa shape index (κ3) is 2.55. The van der Waals surface area contributed by atoms with Gasteiger partial charge in [-0.1, -0.05) is 30.3 Å². The molecular formula is C17H19N5. The van der Waals surface area contributed by atoms with Crippen LogP contribution < -0.4 is 5.32 Å². The normalized spacial score (nSPS) is 17.4. The van der Waals surface area contributed by atoms with Crippen LogP contribution in [0.25, 0.3) is 11.3 Å². The van der Waals surface area contributed by atoms with Gasteiger partial charge < -0.3 is 5.32 Å². The van der Waals surface area contributed by atoms with Crippen LogP contribution >= 0.6 is 0 Å². The van der Waals surface area contributed by atoms with Gasteiger partial charge in [-0.3, -0.25) is 10.2 Å². The second kappa shape index (κ2) is 5.77. The van der Waals surface area contributed by atoms with E-state index in [0.717, 1.165) is 36.3 Å². The summed E-state index contributed by atoms with van der Waals surface area (Å²) >= 11 is 0. The van der Waals surface area contributed by atoms with E-state index in [1.807, 2.05) is 24.4 Å².